The molecule has 1 heterocycles. The summed E-state index contributed by atoms with van der Waals surface area (Å²) in [7, 11) is 0. The van der Waals surface area contributed by atoms with Crippen molar-refractivity contribution in [2.24, 2.45) is 0 Å². The molecule has 0 aliphatic carbocycles. The topological polar surface area (TPSA) is 137 Å². The van der Waals surface area contributed by atoms with Gasteiger partial charge in [-0.05, 0) is 49.4 Å². The van der Waals surface area contributed by atoms with Gasteiger partial charge in [0.2, 0.25) is 5.91 Å². The Labute approximate surface area is 237 Å². The molecule has 12 heteroatoms. The van der Waals surface area contributed by atoms with Gasteiger partial charge in [0.1, 0.15) is 5.82 Å². The van der Waals surface area contributed by atoms with Crippen LogP contribution in [0.4, 0.5) is 21.5 Å². The van der Waals surface area contributed by atoms with Gasteiger partial charge in [-0.15, -0.1) is 0 Å². The molecule has 1 atom stereocenters. The van der Waals surface area contributed by atoms with E-state index in [1.165, 1.54) is 42.5 Å². The molecule has 0 saturated carbocycles. The van der Waals surface area contributed by atoms with E-state index in [2.05, 4.69) is 22.0 Å². The van der Waals surface area contributed by atoms with Gasteiger partial charge in [-0.3, -0.25) is 19.7 Å². The number of nitrogens with one attached hydrogen (secondary N) is 3. The Morgan fingerprint density at radius 3 is 2.33 bits per heavy atom. The first-order chi connectivity index (χ1) is 19.2. The van der Waals surface area contributed by atoms with E-state index < -0.39 is 28.5 Å². The standard InChI is InChI=1S/C28H21ClFN5O4S/c1-16-25(27(37)34-19-8-6-17(29)7-9-19)26(21-4-2-3-5-23(21)30)22(14-31)28(32-16)40-15-24(36)33-18-10-12-20(13-11-18)35(38)39/h2-13,26,32H,15H2,1H3,(H,33,36)(H,34,37). The molecule has 202 valence electrons. The lowest BCUT2D eigenvalue weighted by molar-refractivity contribution is -0.384. The Bertz CT molecular complexity index is 1580. The van der Waals surface area contributed by atoms with Crippen molar-refractivity contribution in [2.75, 3.05) is 16.4 Å². The zero-order chi connectivity index (χ0) is 28.8. The first kappa shape index (κ1) is 28.4. The number of non-ortho nitro benzene ring substituents is 1. The fraction of sp³-hybridized carbons (Fsp3) is 0.107. The van der Waals surface area contributed by atoms with E-state index in [4.69, 9.17) is 11.6 Å². The number of hydrogen-bond donors (Lipinski definition) is 3. The molecule has 9 nitrogen and oxygen atoms in total. The molecule has 0 bridgehead atoms. The minimum absolute atomic E-state index is 0.0742. The first-order valence-corrected chi connectivity index (χ1v) is 13.1. The molecule has 1 aliphatic heterocycles. The zero-order valence-electron chi connectivity index (χ0n) is 20.9. The van der Waals surface area contributed by atoms with E-state index in [0.717, 1.165) is 11.8 Å². The fourth-order valence-corrected chi connectivity index (χ4v) is 5.10. The number of nitrogens with zero attached hydrogens (tertiary/aromatic N) is 2. The maximum absolute atomic E-state index is 15.0. The molecule has 0 fully saturated rings. The number of thioether (sulfide) groups is 1. The summed E-state index contributed by atoms with van der Waals surface area (Å²) in [5.74, 6) is -2.73. The molecule has 0 aromatic heterocycles. The predicted octanol–water partition coefficient (Wildman–Crippen LogP) is 6.09. The molecule has 4 rings (SSSR count). The van der Waals surface area contributed by atoms with Gasteiger partial charge < -0.3 is 16.0 Å². The average Bonchev–Trinajstić information content (AvgIpc) is 2.93. The smallest absolute Gasteiger partial charge is 0.269 e. The van der Waals surface area contributed by atoms with Gasteiger partial charge in [-0.1, -0.05) is 41.6 Å². The van der Waals surface area contributed by atoms with Crippen molar-refractivity contribution in [3.8, 4) is 6.07 Å². The number of benzene rings is 3. The quantitative estimate of drug-likeness (QED) is 0.217. The number of nitriles is 1. The van der Waals surface area contributed by atoms with Crippen molar-refractivity contribution in [3.05, 3.63) is 121 Å². The maximum atomic E-state index is 15.0. The van der Waals surface area contributed by atoms with Crippen molar-refractivity contribution in [1.82, 2.24) is 5.32 Å². The molecule has 1 aliphatic rings. The van der Waals surface area contributed by atoms with E-state index in [0.29, 0.717) is 27.1 Å². The largest absolute Gasteiger partial charge is 0.353 e. The van der Waals surface area contributed by atoms with Crippen LogP contribution in [0, 0.1) is 27.3 Å². The number of halogens is 2. The monoisotopic (exact) mass is 577 g/mol. The number of anilines is 2. The number of carbonyl (C=O) groups excluding carboxylic acids is 2. The summed E-state index contributed by atoms with van der Waals surface area (Å²) in [4.78, 5) is 36.4. The summed E-state index contributed by atoms with van der Waals surface area (Å²) in [6.07, 6.45) is 0. The van der Waals surface area contributed by atoms with Gasteiger partial charge in [0.25, 0.3) is 11.6 Å². The van der Waals surface area contributed by atoms with Gasteiger partial charge in [-0.25, -0.2) is 4.39 Å². The third kappa shape index (κ3) is 6.48. The first-order valence-electron chi connectivity index (χ1n) is 11.8. The second-order valence-corrected chi connectivity index (χ2v) is 10.00. The third-order valence-corrected chi connectivity index (χ3v) is 7.19. The van der Waals surface area contributed by atoms with Crippen LogP contribution in [0.2, 0.25) is 5.02 Å². The molecule has 0 saturated heterocycles. The molecule has 40 heavy (non-hydrogen) atoms. The molecule has 1 unspecified atom stereocenters. The summed E-state index contributed by atoms with van der Waals surface area (Å²) in [6.45, 7) is 1.64. The lowest BCUT2D eigenvalue weighted by atomic mass is 9.82. The summed E-state index contributed by atoms with van der Waals surface area (Å²) in [5, 5.41) is 30.2. The lowest BCUT2D eigenvalue weighted by Crippen LogP contribution is -2.31. The maximum Gasteiger partial charge on any atom is 0.269 e. The fourth-order valence-electron chi connectivity index (χ4n) is 4.08. The van der Waals surface area contributed by atoms with E-state index in [1.807, 2.05) is 0 Å². The number of hydrogen-bond acceptors (Lipinski definition) is 7. The Balaban J connectivity index is 1.60. The Hall–Kier alpha value is -4.66. The summed E-state index contributed by atoms with van der Waals surface area (Å²) in [5.41, 5.74) is 1.46. The van der Waals surface area contributed by atoms with Gasteiger partial charge >= 0.3 is 0 Å². The number of dihydropyridines is 1. The average molecular weight is 578 g/mol. The van der Waals surface area contributed by atoms with E-state index in [9.17, 15) is 25.0 Å². The van der Waals surface area contributed by atoms with Crippen LogP contribution in [0.15, 0.2) is 94.7 Å². The van der Waals surface area contributed by atoms with Crippen molar-refractivity contribution in [2.45, 2.75) is 12.8 Å². The molecular weight excluding hydrogens is 557 g/mol. The highest BCUT2D eigenvalue weighted by molar-refractivity contribution is 8.03. The lowest BCUT2D eigenvalue weighted by Gasteiger charge is -2.30. The summed E-state index contributed by atoms with van der Waals surface area (Å²) in [6, 6.07) is 19.8. The highest BCUT2D eigenvalue weighted by atomic mass is 35.5. The van der Waals surface area contributed by atoms with Gasteiger partial charge in [0.05, 0.1) is 33.3 Å². The number of rotatable bonds is 8. The van der Waals surface area contributed by atoms with E-state index in [1.54, 1.807) is 37.3 Å². The van der Waals surface area contributed by atoms with Crippen molar-refractivity contribution in [1.29, 1.82) is 5.26 Å². The highest BCUT2D eigenvalue weighted by Gasteiger charge is 2.36. The molecule has 3 aromatic rings. The summed E-state index contributed by atoms with van der Waals surface area (Å²) >= 11 is 6.95. The van der Waals surface area contributed by atoms with Crippen LogP contribution in [0.25, 0.3) is 0 Å². The van der Waals surface area contributed by atoms with Gasteiger partial charge in [0, 0.05) is 45.4 Å². The van der Waals surface area contributed by atoms with Crippen molar-refractivity contribution >= 4 is 52.2 Å². The van der Waals surface area contributed by atoms with Gasteiger partial charge in [0.15, 0.2) is 0 Å². The second kappa shape index (κ2) is 12.5. The number of amides is 2. The third-order valence-electron chi connectivity index (χ3n) is 5.92. The normalized spacial score (nSPS) is 14.7. The number of carbonyl (C=O) groups is 2. The van der Waals surface area contributed by atoms with Crippen molar-refractivity contribution in [3.63, 3.8) is 0 Å². The molecule has 0 spiro atoms. The van der Waals surface area contributed by atoms with E-state index >= 15 is 4.39 Å². The molecule has 3 aromatic carbocycles. The molecular formula is C28H21ClFN5O4S. The second-order valence-electron chi connectivity index (χ2n) is 8.57. The predicted molar refractivity (Wildman–Crippen MR) is 152 cm³/mol. The Morgan fingerprint density at radius 1 is 1.07 bits per heavy atom. The molecule has 0 radical (unpaired) electrons. The van der Waals surface area contributed by atoms with Crippen LogP contribution < -0.4 is 16.0 Å². The van der Waals surface area contributed by atoms with Crippen LogP contribution in [-0.2, 0) is 9.59 Å². The zero-order valence-corrected chi connectivity index (χ0v) is 22.5. The van der Waals surface area contributed by atoms with Gasteiger partial charge in [-0.2, -0.15) is 5.26 Å². The number of allylic oxidation sites excluding steroid dienone is 2. The minimum atomic E-state index is -1.04. The Morgan fingerprint density at radius 2 is 1.70 bits per heavy atom. The number of nitro groups is 1. The van der Waals surface area contributed by atoms with Crippen LogP contribution in [0.5, 0.6) is 0 Å². The Kier molecular flexibility index (Phi) is 8.83. The van der Waals surface area contributed by atoms with Crippen molar-refractivity contribution < 1.29 is 18.9 Å². The minimum Gasteiger partial charge on any atom is -0.353 e. The van der Waals surface area contributed by atoms with E-state index in [-0.39, 0.29) is 28.1 Å². The highest BCUT2D eigenvalue weighted by Crippen LogP contribution is 2.41. The van der Waals surface area contributed by atoms with Crippen LogP contribution >= 0.6 is 23.4 Å². The summed E-state index contributed by atoms with van der Waals surface area (Å²) < 4.78 is 15.0. The number of nitro benzene ring substituents is 1. The molecule has 3 N–H and O–H groups in total. The molecule has 2 amide bonds. The van der Waals surface area contributed by atoms with Crippen LogP contribution in [-0.4, -0.2) is 22.5 Å². The van der Waals surface area contributed by atoms with Crippen LogP contribution in [0.1, 0.15) is 18.4 Å². The SMILES string of the molecule is CC1=C(C(=O)Nc2ccc(Cl)cc2)C(c2ccccc2F)C(C#N)=C(SCC(=O)Nc2ccc([N+](=O)[O-])cc2)N1. The van der Waals surface area contributed by atoms with Crippen LogP contribution in [0.3, 0.4) is 0 Å².